The third-order valence-electron chi connectivity index (χ3n) is 2.77. The number of carbonyl (C=O) groups excluding carboxylic acids is 2. The number of hydrogen-bond donors (Lipinski definition) is 1. The summed E-state index contributed by atoms with van der Waals surface area (Å²) in [4.78, 5) is 33.3. The fraction of sp³-hybridized carbons (Fsp3) is 0.0714. The van der Waals surface area contributed by atoms with Crippen LogP contribution in [-0.4, -0.2) is 31.1 Å². The van der Waals surface area contributed by atoms with E-state index in [-0.39, 0.29) is 14.7 Å². The zero-order valence-corrected chi connectivity index (χ0v) is 12.7. The van der Waals surface area contributed by atoms with Crippen molar-refractivity contribution < 1.29 is 27.9 Å². The average Bonchev–Trinajstić information content (AvgIpc) is 2.98. The lowest BCUT2D eigenvalue weighted by Crippen LogP contribution is -2.16. The summed E-state index contributed by atoms with van der Waals surface area (Å²) in [6, 6.07) is 8.86. The van der Waals surface area contributed by atoms with Crippen molar-refractivity contribution in [1.82, 2.24) is 0 Å². The molecule has 6 nitrogen and oxygen atoms in total. The van der Waals surface area contributed by atoms with Crippen molar-refractivity contribution in [2.24, 2.45) is 0 Å². The minimum absolute atomic E-state index is 0.0316. The first-order valence-electron chi connectivity index (χ1n) is 6.00. The molecule has 0 fully saturated rings. The average molecular weight is 338 g/mol. The van der Waals surface area contributed by atoms with Gasteiger partial charge in [0.05, 0.1) is 21.1 Å². The number of Topliss-reactive ketones (excluding diaryl/α,β-unsaturated/α-hetero) is 2. The molecule has 0 aliphatic heterocycles. The van der Waals surface area contributed by atoms with Gasteiger partial charge in [0.25, 0.3) is 0 Å². The molecule has 1 aromatic carbocycles. The summed E-state index contributed by atoms with van der Waals surface area (Å²) in [5.41, 5.74) is 0. The predicted molar refractivity (Wildman–Crippen MR) is 77.8 cm³/mol. The van der Waals surface area contributed by atoms with Gasteiger partial charge in [-0.2, -0.15) is 0 Å². The second kappa shape index (κ2) is 6.20. The van der Waals surface area contributed by atoms with E-state index in [0.29, 0.717) is 0 Å². The minimum atomic E-state index is -3.74. The molecule has 114 valence electrons. The van der Waals surface area contributed by atoms with Crippen molar-refractivity contribution in [2.75, 3.05) is 0 Å². The van der Waals surface area contributed by atoms with Gasteiger partial charge >= 0.3 is 5.97 Å². The minimum Gasteiger partial charge on any atom is -0.475 e. The molecule has 22 heavy (non-hydrogen) atoms. The van der Waals surface area contributed by atoms with Crippen LogP contribution in [-0.2, 0) is 19.4 Å². The Kier molecular flexibility index (Phi) is 4.53. The monoisotopic (exact) mass is 338 g/mol. The van der Waals surface area contributed by atoms with Crippen LogP contribution in [0.15, 0.2) is 51.6 Å². The Hall–Kier alpha value is -2.32. The van der Waals surface area contributed by atoms with E-state index in [1.54, 1.807) is 18.2 Å². The maximum Gasteiger partial charge on any atom is 0.372 e. The van der Waals surface area contributed by atoms with Crippen molar-refractivity contribution in [3.8, 4) is 0 Å². The summed E-state index contributed by atoms with van der Waals surface area (Å²) in [5.74, 6) is -3.64. The highest BCUT2D eigenvalue weighted by Crippen LogP contribution is 2.26. The van der Waals surface area contributed by atoms with Crippen molar-refractivity contribution in [1.29, 1.82) is 0 Å². The summed E-state index contributed by atoms with van der Waals surface area (Å²) in [6.07, 6.45) is -0.791. The van der Waals surface area contributed by atoms with Gasteiger partial charge in [0.2, 0.25) is 15.6 Å². The molecule has 8 heteroatoms. The van der Waals surface area contributed by atoms with Gasteiger partial charge in [-0.3, -0.25) is 9.59 Å². The summed E-state index contributed by atoms with van der Waals surface area (Å²) in [7, 11) is -3.74. The van der Waals surface area contributed by atoms with E-state index in [1.807, 2.05) is 0 Å². The smallest absolute Gasteiger partial charge is 0.372 e. The van der Waals surface area contributed by atoms with Crippen LogP contribution < -0.4 is 0 Å². The first-order valence-corrected chi connectivity index (χ1v) is 8.36. The van der Waals surface area contributed by atoms with Gasteiger partial charge in [0.1, 0.15) is 0 Å². The van der Waals surface area contributed by atoms with Crippen LogP contribution in [0.3, 0.4) is 0 Å². The van der Waals surface area contributed by atoms with E-state index in [9.17, 15) is 22.8 Å². The number of hydrogen-bond acceptors (Lipinski definition) is 6. The lowest BCUT2D eigenvalue weighted by atomic mass is 10.2. The SMILES string of the molecule is O=C(O)C(=O)CC(=O)c1cc(S(=O)(=O)c2ccccc2)cs1. The lowest BCUT2D eigenvalue weighted by Gasteiger charge is -2.00. The molecule has 2 aromatic rings. The molecule has 0 aliphatic rings. The largest absolute Gasteiger partial charge is 0.475 e. The molecule has 2 rings (SSSR count). The second-order valence-electron chi connectivity index (χ2n) is 4.29. The van der Waals surface area contributed by atoms with E-state index in [2.05, 4.69) is 0 Å². The molecule has 0 amide bonds. The highest BCUT2D eigenvalue weighted by Gasteiger charge is 2.23. The molecule has 0 radical (unpaired) electrons. The Labute approximate surface area is 129 Å². The topological polar surface area (TPSA) is 106 Å². The summed E-state index contributed by atoms with van der Waals surface area (Å²) in [5, 5.41) is 9.76. The third kappa shape index (κ3) is 3.29. The predicted octanol–water partition coefficient (Wildman–Crippen LogP) is 1.81. The van der Waals surface area contributed by atoms with Crippen molar-refractivity contribution in [2.45, 2.75) is 16.2 Å². The number of sulfone groups is 1. The van der Waals surface area contributed by atoms with Crippen molar-refractivity contribution in [3.05, 3.63) is 46.7 Å². The number of rotatable bonds is 6. The van der Waals surface area contributed by atoms with Gasteiger partial charge in [-0.25, -0.2) is 13.2 Å². The third-order valence-corrected chi connectivity index (χ3v) is 5.64. The van der Waals surface area contributed by atoms with E-state index in [4.69, 9.17) is 5.11 Å². The van der Waals surface area contributed by atoms with Crippen LogP contribution in [0.1, 0.15) is 16.1 Å². The molecule has 0 aliphatic carbocycles. The molecule has 0 saturated carbocycles. The molecule has 0 unspecified atom stereocenters. The fourth-order valence-electron chi connectivity index (χ4n) is 1.65. The van der Waals surface area contributed by atoms with Gasteiger partial charge < -0.3 is 5.11 Å². The van der Waals surface area contributed by atoms with Crippen LogP contribution in [0.2, 0.25) is 0 Å². The summed E-state index contributed by atoms with van der Waals surface area (Å²) < 4.78 is 24.7. The van der Waals surface area contributed by atoms with Crippen molar-refractivity contribution in [3.63, 3.8) is 0 Å². The molecule has 0 spiro atoms. The number of aliphatic carboxylic acids is 1. The quantitative estimate of drug-likeness (QED) is 0.489. The second-order valence-corrected chi connectivity index (χ2v) is 7.15. The van der Waals surface area contributed by atoms with Gasteiger partial charge in [0.15, 0.2) is 5.78 Å². The maximum absolute atomic E-state index is 12.3. The Bertz CT molecular complexity index is 833. The van der Waals surface area contributed by atoms with Crippen LogP contribution in [0, 0.1) is 0 Å². The molecule has 0 saturated heterocycles. The van der Waals surface area contributed by atoms with Crippen LogP contribution in [0.4, 0.5) is 0 Å². The number of carbonyl (C=O) groups is 3. The Balaban J connectivity index is 2.27. The molecule has 1 N–H and O–H groups in total. The number of benzene rings is 1. The highest BCUT2D eigenvalue weighted by atomic mass is 32.2. The van der Waals surface area contributed by atoms with Crippen LogP contribution in [0.25, 0.3) is 0 Å². The lowest BCUT2D eigenvalue weighted by molar-refractivity contribution is -0.148. The molecule has 1 aromatic heterocycles. The van der Waals surface area contributed by atoms with Gasteiger partial charge in [0, 0.05) is 5.38 Å². The van der Waals surface area contributed by atoms with Crippen LogP contribution in [0.5, 0.6) is 0 Å². The Morgan fingerprint density at radius 1 is 1.05 bits per heavy atom. The molecule has 0 bridgehead atoms. The number of carboxylic acids is 1. The molecular formula is C14H10O6S2. The summed E-state index contributed by atoms with van der Waals surface area (Å²) >= 11 is 0.859. The first-order chi connectivity index (χ1) is 10.3. The zero-order valence-electron chi connectivity index (χ0n) is 11.1. The van der Waals surface area contributed by atoms with E-state index in [1.165, 1.54) is 17.5 Å². The number of thiophene rings is 1. The Morgan fingerprint density at radius 2 is 1.68 bits per heavy atom. The van der Waals surface area contributed by atoms with Crippen molar-refractivity contribution >= 4 is 38.7 Å². The van der Waals surface area contributed by atoms with Crippen LogP contribution >= 0.6 is 11.3 Å². The first kappa shape index (κ1) is 16.1. The number of carboxylic acid groups (broad SMARTS) is 1. The highest BCUT2D eigenvalue weighted by molar-refractivity contribution is 7.91. The fourth-order valence-corrected chi connectivity index (χ4v) is 4.15. The number of ketones is 2. The van der Waals surface area contributed by atoms with E-state index >= 15 is 0 Å². The standard InChI is InChI=1S/C14H10O6S2/c15-11(7-12(16)14(17)18)13-6-10(8-21-13)22(19,20)9-4-2-1-3-5-9/h1-6,8H,7H2,(H,17,18). The van der Waals surface area contributed by atoms with Gasteiger partial charge in [-0.1, -0.05) is 18.2 Å². The Morgan fingerprint density at radius 3 is 2.27 bits per heavy atom. The van der Waals surface area contributed by atoms with Gasteiger partial charge in [-0.15, -0.1) is 11.3 Å². The molecular weight excluding hydrogens is 328 g/mol. The molecule has 1 heterocycles. The van der Waals surface area contributed by atoms with E-state index < -0.39 is 33.8 Å². The van der Waals surface area contributed by atoms with E-state index in [0.717, 1.165) is 17.4 Å². The molecule has 0 atom stereocenters. The zero-order chi connectivity index (χ0) is 16.3. The summed E-state index contributed by atoms with van der Waals surface area (Å²) in [6.45, 7) is 0. The normalized spacial score (nSPS) is 11.1. The maximum atomic E-state index is 12.3. The van der Waals surface area contributed by atoms with Gasteiger partial charge in [-0.05, 0) is 18.2 Å².